The minimum Gasteiger partial charge on any atom is -0.369 e. The number of nitrogens with one attached hydrogen (secondary N) is 3. The zero-order valence-electron chi connectivity index (χ0n) is 23.0. The summed E-state index contributed by atoms with van der Waals surface area (Å²) in [6.07, 6.45) is 1.53. The highest BCUT2D eigenvalue weighted by molar-refractivity contribution is 7.92. The number of aliphatic imine (C=N–C) groups is 1. The van der Waals surface area contributed by atoms with Gasteiger partial charge in [0.15, 0.2) is 0 Å². The maximum atomic E-state index is 13.3. The summed E-state index contributed by atoms with van der Waals surface area (Å²) in [5.41, 5.74) is 2.06. The number of benzene rings is 2. The summed E-state index contributed by atoms with van der Waals surface area (Å²) in [5, 5.41) is 6.53. The molecule has 4 rings (SSSR count). The van der Waals surface area contributed by atoms with Crippen LogP contribution >= 0.6 is 11.6 Å². The Balaban J connectivity index is 1.42. The second kappa shape index (κ2) is 11.6. The predicted octanol–water partition coefficient (Wildman–Crippen LogP) is 3.45. The van der Waals surface area contributed by atoms with Crippen LogP contribution in [0, 0.1) is 0 Å². The number of likely N-dealkylation sites (N-methyl/N-ethyl adjacent to an activating group) is 1. The topological polar surface area (TPSA) is 113 Å². The van der Waals surface area contributed by atoms with E-state index in [1.165, 1.54) is 23.9 Å². The van der Waals surface area contributed by atoms with Crippen molar-refractivity contribution in [3.8, 4) is 0 Å². The number of hydrogen-bond donors (Lipinski definition) is 3. The van der Waals surface area contributed by atoms with E-state index < -0.39 is 15.7 Å². The van der Waals surface area contributed by atoms with Crippen LogP contribution in [0.5, 0.6) is 0 Å². The largest absolute Gasteiger partial charge is 0.369 e. The summed E-state index contributed by atoms with van der Waals surface area (Å²) in [6.45, 7) is 6.52. The predicted molar refractivity (Wildman–Crippen MR) is 160 cm³/mol. The van der Waals surface area contributed by atoms with Gasteiger partial charge in [-0.2, -0.15) is 0 Å². The molecule has 13 heteroatoms. The van der Waals surface area contributed by atoms with Gasteiger partial charge in [0.25, 0.3) is 0 Å². The van der Waals surface area contributed by atoms with Crippen LogP contribution < -0.4 is 20.3 Å². The number of carbonyl (C=O) groups is 1. The first-order valence-corrected chi connectivity index (χ1v) is 15.0. The van der Waals surface area contributed by atoms with Crippen LogP contribution in [0.1, 0.15) is 13.3 Å². The molecule has 0 saturated carbocycles. The highest BCUT2D eigenvalue weighted by Crippen LogP contribution is 2.30. The van der Waals surface area contributed by atoms with E-state index in [1.807, 2.05) is 18.9 Å². The third-order valence-electron chi connectivity index (χ3n) is 7.36. The maximum Gasteiger partial charge on any atom is 0.323 e. The summed E-state index contributed by atoms with van der Waals surface area (Å²) >= 11 is 6.29. The van der Waals surface area contributed by atoms with Crippen molar-refractivity contribution in [1.82, 2.24) is 14.7 Å². The zero-order chi connectivity index (χ0) is 28.4. The van der Waals surface area contributed by atoms with Crippen LogP contribution in [-0.4, -0.2) is 101 Å². The van der Waals surface area contributed by atoms with Crippen molar-refractivity contribution >= 4 is 56.2 Å². The van der Waals surface area contributed by atoms with E-state index in [4.69, 9.17) is 11.6 Å². The molecule has 0 aromatic heterocycles. The van der Waals surface area contributed by atoms with Crippen LogP contribution in [0.3, 0.4) is 0 Å². The number of carbonyl (C=O) groups excluding carboxylic acids is 1. The monoisotopic (exact) mass is 576 g/mol. The third kappa shape index (κ3) is 7.13. The lowest BCUT2D eigenvalue weighted by Gasteiger charge is -2.47. The lowest BCUT2D eigenvalue weighted by Crippen LogP contribution is -2.62. The molecule has 0 spiro atoms. The summed E-state index contributed by atoms with van der Waals surface area (Å²) in [4.78, 5) is 26.3. The van der Waals surface area contributed by atoms with Gasteiger partial charge >= 0.3 is 6.03 Å². The van der Waals surface area contributed by atoms with Gasteiger partial charge in [0.2, 0.25) is 10.0 Å². The normalized spacial score (nSPS) is 20.8. The molecule has 1 unspecified atom stereocenters. The number of hydrogen-bond acceptors (Lipinski definition) is 8. The molecule has 2 aliphatic heterocycles. The Bertz CT molecular complexity index is 1330. The van der Waals surface area contributed by atoms with Crippen molar-refractivity contribution in [2.45, 2.75) is 19.0 Å². The molecule has 0 radical (unpaired) electrons. The Morgan fingerprint density at radius 3 is 2.33 bits per heavy atom. The number of anilines is 4. The second-order valence-electron chi connectivity index (χ2n) is 10.4. The molecular weight excluding hydrogens is 540 g/mol. The Kier molecular flexibility index (Phi) is 8.60. The Morgan fingerprint density at radius 1 is 1.05 bits per heavy atom. The van der Waals surface area contributed by atoms with Gasteiger partial charge in [-0.3, -0.25) is 14.6 Å². The van der Waals surface area contributed by atoms with Gasteiger partial charge in [0.05, 0.1) is 29.3 Å². The minimum absolute atomic E-state index is 0.293. The van der Waals surface area contributed by atoms with Gasteiger partial charge in [-0.25, -0.2) is 13.2 Å². The van der Waals surface area contributed by atoms with E-state index in [0.717, 1.165) is 44.0 Å². The molecule has 2 aliphatic rings. The molecule has 3 N–H and O–H groups in total. The van der Waals surface area contributed by atoms with Crippen molar-refractivity contribution < 1.29 is 13.2 Å². The van der Waals surface area contributed by atoms with Crippen LogP contribution in [0.2, 0.25) is 5.02 Å². The van der Waals surface area contributed by atoms with Crippen LogP contribution in [0.15, 0.2) is 47.5 Å². The molecular formula is C26H37ClN8O3S. The number of urea groups is 1. The van der Waals surface area contributed by atoms with E-state index >= 15 is 0 Å². The highest BCUT2D eigenvalue weighted by Gasteiger charge is 2.40. The molecule has 39 heavy (non-hydrogen) atoms. The fourth-order valence-electron chi connectivity index (χ4n) is 4.61. The Morgan fingerprint density at radius 2 is 1.69 bits per heavy atom. The van der Waals surface area contributed by atoms with E-state index in [1.54, 1.807) is 11.9 Å². The zero-order valence-corrected chi connectivity index (χ0v) is 24.6. The van der Waals surface area contributed by atoms with Gasteiger partial charge in [-0.05, 0) is 63.5 Å². The molecule has 2 aromatic carbocycles. The number of sulfonamides is 1. The van der Waals surface area contributed by atoms with E-state index in [0.29, 0.717) is 29.5 Å². The molecule has 0 bridgehead atoms. The SMILES string of the molecule is CN1CCN(c2ccc(NC3=NCN(C)C(C)(N(C)C(=O)Nc4cc(NS(C)(=O)=O)ccc4Cl)C3)cc2)CC1. The molecule has 1 saturated heterocycles. The number of rotatable bonds is 6. The molecule has 2 aromatic rings. The number of nitrogens with zero attached hydrogens (tertiary/aromatic N) is 5. The van der Waals surface area contributed by atoms with Gasteiger partial charge in [-0.15, -0.1) is 0 Å². The smallest absolute Gasteiger partial charge is 0.323 e. The molecule has 2 amide bonds. The lowest BCUT2D eigenvalue weighted by molar-refractivity contribution is 0.0175. The van der Waals surface area contributed by atoms with E-state index in [-0.39, 0.29) is 6.03 Å². The van der Waals surface area contributed by atoms with E-state index in [2.05, 4.69) is 61.5 Å². The molecule has 1 atom stereocenters. The van der Waals surface area contributed by atoms with Crippen LogP contribution in [0.25, 0.3) is 0 Å². The van der Waals surface area contributed by atoms with Crippen LogP contribution in [-0.2, 0) is 10.0 Å². The number of amides is 2. The molecule has 11 nitrogen and oxygen atoms in total. The standard InChI is InChI=1S/C26H37ClN8O3S/c1-26(34(4)25(36)30-23-16-20(8-11-22(23)27)31-39(5,37)38)17-24(28-18-33(26)3)29-19-6-9-21(10-7-19)35-14-12-32(2)13-15-35/h6-11,16,31H,12-15,17-18H2,1-5H3,(H,28,29)(H,30,36). The number of piperazine rings is 1. The molecule has 1 fully saturated rings. The fraction of sp³-hybridized carbons (Fsp3) is 0.462. The Hall–Kier alpha value is -3.06. The highest BCUT2D eigenvalue weighted by atomic mass is 35.5. The van der Waals surface area contributed by atoms with Gasteiger partial charge in [0.1, 0.15) is 11.5 Å². The summed E-state index contributed by atoms with van der Waals surface area (Å²) in [7, 11) is 2.30. The summed E-state index contributed by atoms with van der Waals surface area (Å²) in [5.74, 6) is 0.778. The first kappa shape index (κ1) is 28.9. The molecule has 0 aliphatic carbocycles. The summed E-state index contributed by atoms with van der Waals surface area (Å²) < 4.78 is 25.6. The lowest BCUT2D eigenvalue weighted by atomic mass is 10.0. The van der Waals surface area contributed by atoms with Gasteiger partial charge in [0, 0.05) is 51.0 Å². The van der Waals surface area contributed by atoms with Crippen molar-refractivity contribution in [2.24, 2.45) is 4.99 Å². The van der Waals surface area contributed by atoms with Crippen molar-refractivity contribution in [2.75, 3.05) is 80.5 Å². The Labute approximate surface area is 235 Å². The van der Waals surface area contributed by atoms with Crippen LogP contribution in [0.4, 0.5) is 27.5 Å². The third-order valence-corrected chi connectivity index (χ3v) is 8.30. The maximum absolute atomic E-state index is 13.3. The quantitative estimate of drug-likeness (QED) is 0.483. The fourth-order valence-corrected chi connectivity index (χ4v) is 5.33. The first-order valence-electron chi connectivity index (χ1n) is 12.7. The average molecular weight is 577 g/mol. The van der Waals surface area contributed by atoms with Crippen molar-refractivity contribution in [3.05, 3.63) is 47.5 Å². The van der Waals surface area contributed by atoms with E-state index in [9.17, 15) is 13.2 Å². The molecule has 2 heterocycles. The van der Waals surface area contributed by atoms with Crippen molar-refractivity contribution in [1.29, 1.82) is 0 Å². The molecule has 212 valence electrons. The van der Waals surface area contributed by atoms with Gasteiger partial charge < -0.3 is 25.3 Å². The number of halogens is 1. The van der Waals surface area contributed by atoms with Gasteiger partial charge in [-0.1, -0.05) is 11.6 Å². The average Bonchev–Trinajstić information content (AvgIpc) is 2.88. The minimum atomic E-state index is -3.48. The summed E-state index contributed by atoms with van der Waals surface area (Å²) in [6, 6.07) is 12.5. The first-order chi connectivity index (χ1) is 18.3. The second-order valence-corrected chi connectivity index (χ2v) is 12.5. The number of amidine groups is 1. The van der Waals surface area contributed by atoms with Crippen molar-refractivity contribution in [3.63, 3.8) is 0 Å².